The Balaban J connectivity index is 5.53. The van der Waals surface area contributed by atoms with E-state index in [9.17, 15) is 43.2 Å². The van der Waals surface area contributed by atoms with Gasteiger partial charge in [0.25, 0.3) is 0 Å². The first-order chi connectivity index (χ1) is 53.7. The van der Waals surface area contributed by atoms with Gasteiger partial charge in [0.2, 0.25) is 0 Å². The smallest absolute Gasteiger partial charge is 0.462 e. The lowest BCUT2D eigenvalue weighted by atomic mass is 10.1. The summed E-state index contributed by atoms with van der Waals surface area (Å²) in [7, 11) is -10.0. The third kappa shape index (κ3) is 79.7. The molecule has 3 N–H and O–H groups in total. The molecule has 0 saturated heterocycles. The fourth-order valence-electron chi connectivity index (χ4n) is 10.1. The van der Waals surface area contributed by atoms with E-state index < -0.39 is 97.5 Å². The average Bonchev–Trinajstić information content (AvgIpc) is 0.899. The van der Waals surface area contributed by atoms with Crippen molar-refractivity contribution in [2.75, 3.05) is 39.6 Å². The predicted octanol–water partition coefficient (Wildman–Crippen LogP) is 24.7. The maximum Gasteiger partial charge on any atom is 0.472 e. The van der Waals surface area contributed by atoms with Gasteiger partial charge in [-0.3, -0.25) is 37.3 Å². The SMILES string of the molecule is CC/C=C\C/C=C\C/C=C\C/C=C\C/C=C\C/C=C\CCC(=O)OCC(COP(=O)(O)OCC(O)COP(=O)(O)OCC(COC(=O)CCCCC/C=C\C/C=C\C/C=C\C/C=C\C/C=C\CC)OC(=O)CCCCCC/C=C\C/C=C\C/C=C\C/C=C\CC)OC(=O)CCCCCCC/C=C\C/C=C\CCCCC. The van der Waals surface area contributed by atoms with Crippen LogP contribution in [-0.2, 0) is 65.4 Å². The summed E-state index contributed by atoms with van der Waals surface area (Å²) in [6.45, 7) is 4.32. The number of carbonyl (C=O) groups excluding carboxylic acids is 4. The maximum atomic E-state index is 13.1. The highest BCUT2D eigenvalue weighted by Gasteiger charge is 2.30. The molecule has 110 heavy (non-hydrogen) atoms. The number of ether oxygens (including phenoxy) is 4. The molecule has 0 aliphatic carbocycles. The number of unbranched alkanes of at least 4 members (excludes halogenated alkanes) is 15. The summed E-state index contributed by atoms with van der Waals surface area (Å²) in [6, 6.07) is 0. The van der Waals surface area contributed by atoms with Gasteiger partial charge in [-0.2, -0.15) is 0 Å². The molecule has 19 heteroatoms. The number of carbonyl (C=O) groups is 4. The van der Waals surface area contributed by atoms with Crippen LogP contribution in [0.3, 0.4) is 0 Å². The minimum Gasteiger partial charge on any atom is -0.462 e. The van der Waals surface area contributed by atoms with Gasteiger partial charge in [0, 0.05) is 25.7 Å². The van der Waals surface area contributed by atoms with Crippen molar-refractivity contribution in [3.63, 3.8) is 0 Å². The van der Waals surface area contributed by atoms with Crippen LogP contribution in [0, 0.1) is 0 Å². The Morgan fingerprint density at radius 1 is 0.264 bits per heavy atom. The normalized spacial score (nSPS) is 14.9. The Kier molecular flexibility index (Phi) is 76.0. The van der Waals surface area contributed by atoms with Crippen LogP contribution >= 0.6 is 15.6 Å². The minimum atomic E-state index is -5.02. The van der Waals surface area contributed by atoms with Gasteiger partial charge in [0.1, 0.15) is 19.3 Å². The molecule has 0 heterocycles. The molecule has 0 aliphatic heterocycles. The number of phosphoric acid groups is 2. The summed E-state index contributed by atoms with van der Waals surface area (Å²) in [5, 5.41) is 10.7. The van der Waals surface area contributed by atoms with E-state index in [0.717, 1.165) is 180 Å². The number of hydrogen-bond donors (Lipinski definition) is 3. The summed E-state index contributed by atoms with van der Waals surface area (Å²) in [5.74, 6) is -2.37. The first-order valence-corrected chi connectivity index (χ1v) is 44.3. The van der Waals surface area contributed by atoms with Crippen molar-refractivity contribution < 1.29 is 80.2 Å². The molecule has 0 bridgehead atoms. The van der Waals surface area contributed by atoms with Gasteiger partial charge in [0.05, 0.1) is 26.4 Å². The van der Waals surface area contributed by atoms with Gasteiger partial charge < -0.3 is 33.8 Å². The maximum absolute atomic E-state index is 13.1. The van der Waals surface area contributed by atoms with E-state index in [-0.39, 0.29) is 25.7 Å². The van der Waals surface area contributed by atoms with Crippen LogP contribution in [0.2, 0.25) is 0 Å². The van der Waals surface area contributed by atoms with E-state index in [1.807, 2.05) is 18.2 Å². The van der Waals surface area contributed by atoms with E-state index in [0.29, 0.717) is 32.1 Å². The fraction of sp³-hybridized carbons (Fsp3) is 0.582. The number of rotatable bonds is 75. The van der Waals surface area contributed by atoms with Crippen LogP contribution in [0.25, 0.3) is 0 Å². The van der Waals surface area contributed by atoms with E-state index in [1.165, 1.54) is 19.3 Å². The molecule has 0 aromatic heterocycles. The van der Waals surface area contributed by atoms with Crippen LogP contribution in [-0.4, -0.2) is 96.7 Å². The number of phosphoric ester groups is 2. The average molecular weight is 1570 g/mol. The number of aliphatic hydroxyl groups excluding tert-OH is 1. The lowest BCUT2D eigenvalue weighted by Gasteiger charge is -2.21. The Labute approximate surface area is 665 Å². The lowest BCUT2D eigenvalue weighted by Crippen LogP contribution is -2.30. The molecule has 17 nitrogen and oxygen atoms in total. The van der Waals surface area contributed by atoms with Crippen LogP contribution < -0.4 is 0 Å². The van der Waals surface area contributed by atoms with E-state index >= 15 is 0 Å². The molecule has 0 amide bonds. The van der Waals surface area contributed by atoms with Gasteiger partial charge in [0.15, 0.2) is 12.2 Å². The second-order valence-corrected chi connectivity index (χ2v) is 29.5. The van der Waals surface area contributed by atoms with E-state index in [2.05, 4.69) is 216 Å². The molecule has 0 aromatic carbocycles. The monoisotopic (exact) mass is 1570 g/mol. The minimum absolute atomic E-state index is 0.0243. The molecule has 0 fully saturated rings. The second kappa shape index (κ2) is 80.7. The molecule has 0 aliphatic rings. The van der Waals surface area contributed by atoms with Crippen LogP contribution in [0.1, 0.15) is 285 Å². The fourth-order valence-corrected chi connectivity index (χ4v) is 11.6. The molecule has 0 saturated carbocycles. The van der Waals surface area contributed by atoms with Crippen molar-refractivity contribution in [2.24, 2.45) is 0 Å². The number of esters is 4. The van der Waals surface area contributed by atoms with E-state index in [1.54, 1.807) is 0 Å². The number of hydrogen-bond acceptors (Lipinski definition) is 15. The Hall–Kier alpha value is -6.36. The number of aliphatic hydroxyl groups is 1. The summed E-state index contributed by atoms with van der Waals surface area (Å²) < 4.78 is 68.6. The highest BCUT2D eigenvalue weighted by Crippen LogP contribution is 2.45. The van der Waals surface area contributed by atoms with Gasteiger partial charge in [-0.25, -0.2) is 9.13 Å². The molecule has 0 aromatic rings. The van der Waals surface area contributed by atoms with Crippen LogP contribution in [0.15, 0.2) is 207 Å². The summed E-state index contributed by atoms with van der Waals surface area (Å²) in [6.07, 6.45) is 101. The zero-order valence-corrected chi connectivity index (χ0v) is 69.6. The lowest BCUT2D eigenvalue weighted by molar-refractivity contribution is -0.161. The molecule has 5 atom stereocenters. The summed E-state index contributed by atoms with van der Waals surface area (Å²) >= 11 is 0. The van der Waals surface area contributed by atoms with Crippen molar-refractivity contribution in [2.45, 2.75) is 303 Å². The molecule has 620 valence electrons. The highest BCUT2D eigenvalue weighted by molar-refractivity contribution is 7.47. The van der Waals surface area contributed by atoms with Gasteiger partial charge in [-0.15, -0.1) is 0 Å². The second-order valence-electron chi connectivity index (χ2n) is 26.6. The topological polar surface area (TPSA) is 237 Å². The summed E-state index contributed by atoms with van der Waals surface area (Å²) in [5.41, 5.74) is 0. The Morgan fingerprint density at radius 3 is 0.791 bits per heavy atom. The Bertz CT molecular complexity index is 2900. The van der Waals surface area contributed by atoms with Crippen LogP contribution in [0.4, 0.5) is 0 Å². The molecule has 0 rings (SSSR count). The zero-order valence-electron chi connectivity index (χ0n) is 67.8. The van der Waals surface area contributed by atoms with Crippen molar-refractivity contribution in [1.29, 1.82) is 0 Å². The largest absolute Gasteiger partial charge is 0.472 e. The molecular weight excluding hydrogens is 1430 g/mol. The quantitative estimate of drug-likeness (QED) is 0.0169. The van der Waals surface area contributed by atoms with Gasteiger partial charge in [-0.1, -0.05) is 286 Å². The highest BCUT2D eigenvalue weighted by atomic mass is 31.2. The first-order valence-electron chi connectivity index (χ1n) is 41.3. The predicted molar refractivity (Wildman–Crippen MR) is 454 cm³/mol. The molecule has 5 unspecified atom stereocenters. The third-order valence-corrected chi connectivity index (χ3v) is 18.1. The number of allylic oxidation sites excluding steroid dienone is 34. The van der Waals surface area contributed by atoms with Crippen molar-refractivity contribution >= 4 is 39.5 Å². The summed E-state index contributed by atoms with van der Waals surface area (Å²) in [4.78, 5) is 73.2. The molecule has 0 radical (unpaired) electrons. The molecular formula is C91H144O17P2. The van der Waals surface area contributed by atoms with Crippen LogP contribution in [0.5, 0.6) is 0 Å². The van der Waals surface area contributed by atoms with E-state index in [4.69, 9.17) is 37.0 Å². The Morgan fingerprint density at radius 2 is 0.491 bits per heavy atom. The third-order valence-electron chi connectivity index (χ3n) is 16.2. The van der Waals surface area contributed by atoms with Crippen molar-refractivity contribution in [3.8, 4) is 0 Å². The molecule has 0 spiro atoms. The first kappa shape index (κ1) is 104. The van der Waals surface area contributed by atoms with Crippen molar-refractivity contribution in [3.05, 3.63) is 207 Å². The van der Waals surface area contributed by atoms with Crippen molar-refractivity contribution in [1.82, 2.24) is 0 Å². The zero-order chi connectivity index (χ0) is 80.3. The standard InChI is InChI=1S/C91H144O17P2/c1-5-9-13-17-21-25-29-33-37-40-42-45-48-51-55-59-63-67-71-75-88(93)101-81-86(107-90(95)77-73-69-65-61-57-53-47-36-32-28-24-20-16-12-8-4)83-105-109(97,98)103-79-85(92)80-104-110(99,100)106-84-87(108-91(96)78-74-70-66-62-58-54-50-44-39-35-31-27-23-19-15-11-7-3)82-102-89(94)76-72-68-64-60-56-52-49-46-43-41-38-34-30-26-22-18-14-10-6-2/h9-11,13-15,21-28,33-39,42-43,45-47,50-52,54-56,63,67,85-87,92H,5-8,12,16-20,29-32,40-41,44,48-49,53,57-62,64-66,68-84H2,1-4H3,(H,97,98)(H,99,100)/b13-9-,14-10-,15-11-,25-21-,26-22-,27-23-,28-24-,37-33-,38-34-,39-35-,45-42-,46-43-,47-36-,54-50-,55-51-,56-52-,67-63-. The van der Waals surface area contributed by atoms with Gasteiger partial charge in [-0.05, 0) is 180 Å². The van der Waals surface area contributed by atoms with Gasteiger partial charge >= 0.3 is 39.5 Å².